The quantitative estimate of drug-likeness (QED) is 0.707. The number of alkyl carbamates (subject to hydrolysis) is 1. The van der Waals surface area contributed by atoms with Gasteiger partial charge in [0, 0.05) is 18.6 Å². The van der Waals surface area contributed by atoms with Gasteiger partial charge >= 0.3 is 6.09 Å². The molecule has 0 saturated carbocycles. The molecule has 2 N–H and O–H groups in total. The van der Waals surface area contributed by atoms with E-state index in [9.17, 15) is 4.79 Å². The number of hydrogen-bond donors (Lipinski definition) is 2. The van der Waals surface area contributed by atoms with E-state index in [1.807, 2.05) is 33.8 Å². The molecule has 0 spiro atoms. The van der Waals surface area contributed by atoms with Crippen LogP contribution in [0, 0.1) is 5.92 Å². The largest absolute Gasteiger partial charge is 0.444 e. The Morgan fingerprint density at radius 1 is 1.30 bits per heavy atom. The SMILES string of the molecule is CC(NC(CNC(=O)OC(C)(C)C)C(C)C)c1cc(Cl)sc1Cl. The van der Waals surface area contributed by atoms with E-state index in [2.05, 4.69) is 24.5 Å². The van der Waals surface area contributed by atoms with E-state index in [1.165, 1.54) is 11.3 Å². The first-order valence-corrected chi connectivity index (χ1v) is 9.24. The molecule has 132 valence electrons. The molecule has 1 rings (SSSR count). The van der Waals surface area contributed by atoms with Gasteiger partial charge in [-0.25, -0.2) is 4.79 Å². The summed E-state index contributed by atoms with van der Waals surface area (Å²) in [6, 6.07) is 2.01. The van der Waals surface area contributed by atoms with Gasteiger partial charge in [0.05, 0.1) is 8.67 Å². The third-order valence-electron chi connectivity index (χ3n) is 3.28. The summed E-state index contributed by atoms with van der Waals surface area (Å²) in [5.41, 5.74) is 0.476. The average molecular weight is 381 g/mol. The van der Waals surface area contributed by atoms with E-state index in [-0.39, 0.29) is 12.1 Å². The smallest absolute Gasteiger partial charge is 0.407 e. The highest BCUT2D eigenvalue weighted by Gasteiger charge is 2.22. The molecule has 4 nitrogen and oxygen atoms in total. The number of carbonyl (C=O) groups excluding carboxylic acids is 1. The van der Waals surface area contributed by atoms with Gasteiger partial charge in [0.1, 0.15) is 5.60 Å². The van der Waals surface area contributed by atoms with Crippen molar-refractivity contribution in [3.05, 3.63) is 20.3 Å². The molecule has 1 aromatic heterocycles. The second-order valence-electron chi connectivity index (χ2n) is 6.90. The molecule has 1 aromatic rings. The standard InChI is InChI=1S/C16H26Cl2N2O2S/c1-9(2)12(8-19-15(21)22-16(4,5)6)20-10(3)11-7-13(17)23-14(11)18/h7,9-10,12,20H,8H2,1-6H3,(H,19,21). The molecule has 1 amide bonds. The van der Waals surface area contributed by atoms with Crippen molar-refractivity contribution in [2.75, 3.05) is 6.54 Å². The van der Waals surface area contributed by atoms with Gasteiger partial charge in [-0.15, -0.1) is 11.3 Å². The summed E-state index contributed by atoms with van der Waals surface area (Å²) >= 11 is 13.6. The van der Waals surface area contributed by atoms with Crippen LogP contribution in [0.2, 0.25) is 8.67 Å². The van der Waals surface area contributed by atoms with E-state index in [1.54, 1.807) is 0 Å². The number of nitrogens with one attached hydrogen (secondary N) is 2. The van der Waals surface area contributed by atoms with E-state index in [0.29, 0.717) is 21.1 Å². The predicted molar refractivity (Wildman–Crippen MR) is 98.8 cm³/mol. The zero-order valence-corrected chi connectivity index (χ0v) is 16.8. The zero-order chi connectivity index (χ0) is 17.8. The fourth-order valence-electron chi connectivity index (χ4n) is 2.05. The highest BCUT2D eigenvalue weighted by atomic mass is 35.5. The van der Waals surface area contributed by atoms with Crippen molar-refractivity contribution < 1.29 is 9.53 Å². The van der Waals surface area contributed by atoms with Gasteiger partial charge in [-0.1, -0.05) is 37.0 Å². The van der Waals surface area contributed by atoms with Gasteiger partial charge in [0.25, 0.3) is 0 Å². The Kier molecular flexibility index (Phi) is 7.65. The van der Waals surface area contributed by atoms with Gasteiger partial charge in [-0.05, 0) is 45.2 Å². The van der Waals surface area contributed by atoms with Gasteiger partial charge in [-0.2, -0.15) is 0 Å². The molecule has 0 aromatic carbocycles. The topological polar surface area (TPSA) is 50.4 Å². The van der Waals surface area contributed by atoms with Crippen LogP contribution in [0.1, 0.15) is 53.1 Å². The molecule has 7 heteroatoms. The number of amides is 1. The Balaban J connectivity index is 2.62. The molecule has 0 bridgehead atoms. The summed E-state index contributed by atoms with van der Waals surface area (Å²) in [6.07, 6.45) is -0.408. The summed E-state index contributed by atoms with van der Waals surface area (Å²) in [6.45, 7) is 12.2. The minimum atomic E-state index is -0.501. The van der Waals surface area contributed by atoms with Crippen molar-refractivity contribution in [1.82, 2.24) is 10.6 Å². The van der Waals surface area contributed by atoms with Crippen LogP contribution < -0.4 is 10.6 Å². The van der Waals surface area contributed by atoms with Crippen LogP contribution in [0.3, 0.4) is 0 Å². The molecule has 2 unspecified atom stereocenters. The summed E-state index contributed by atoms with van der Waals surface area (Å²) < 4.78 is 6.63. The third-order valence-corrected chi connectivity index (χ3v) is 4.80. The maximum Gasteiger partial charge on any atom is 0.407 e. The zero-order valence-electron chi connectivity index (χ0n) is 14.5. The summed E-state index contributed by atoms with van der Waals surface area (Å²) in [5.74, 6) is 0.334. The lowest BCUT2D eigenvalue weighted by Gasteiger charge is -2.27. The molecule has 0 fully saturated rings. The molecule has 2 atom stereocenters. The maximum atomic E-state index is 11.8. The minimum Gasteiger partial charge on any atom is -0.444 e. The van der Waals surface area contributed by atoms with Crippen LogP contribution in [0.15, 0.2) is 6.07 Å². The second-order valence-corrected chi connectivity index (χ2v) is 9.19. The number of rotatable bonds is 6. The molecule has 0 aliphatic heterocycles. The van der Waals surface area contributed by atoms with Crippen molar-refractivity contribution in [3.8, 4) is 0 Å². The van der Waals surface area contributed by atoms with Gasteiger partial charge in [0.15, 0.2) is 0 Å². The van der Waals surface area contributed by atoms with Gasteiger partial charge in [0.2, 0.25) is 0 Å². The normalized spacial score (nSPS) is 14.7. The van der Waals surface area contributed by atoms with Crippen molar-refractivity contribution in [2.24, 2.45) is 5.92 Å². The third kappa shape index (κ3) is 7.29. The molecule has 0 aliphatic rings. The molecule has 0 saturated heterocycles. The number of thiophene rings is 1. The molecular weight excluding hydrogens is 355 g/mol. The summed E-state index contributed by atoms with van der Waals surface area (Å²) in [4.78, 5) is 11.8. The second kappa shape index (κ2) is 8.56. The Morgan fingerprint density at radius 2 is 1.91 bits per heavy atom. The number of hydrogen-bond acceptors (Lipinski definition) is 4. The molecule has 0 radical (unpaired) electrons. The molecule has 1 heterocycles. The first kappa shape index (κ1) is 20.6. The Labute approximate surface area is 152 Å². The summed E-state index contributed by atoms with van der Waals surface area (Å²) in [5, 5.41) is 6.32. The number of carbonyl (C=O) groups is 1. The van der Waals surface area contributed by atoms with Crippen LogP contribution in [-0.2, 0) is 4.74 Å². The van der Waals surface area contributed by atoms with E-state index in [4.69, 9.17) is 27.9 Å². The first-order valence-electron chi connectivity index (χ1n) is 7.67. The number of halogens is 2. The van der Waals surface area contributed by atoms with Crippen LogP contribution in [0.25, 0.3) is 0 Å². The van der Waals surface area contributed by atoms with Crippen LogP contribution in [0.5, 0.6) is 0 Å². The lowest BCUT2D eigenvalue weighted by atomic mass is 10.0. The minimum absolute atomic E-state index is 0.0408. The maximum absolute atomic E-state index is 11.8. The Bertz CT molecular complexity index is 527. The molecule has 23 heavy (non-hydrogen) atoms. The van der Waals surface area contributed by atoms with Crippen LogP contribution >= 0.6 is 34.5 Å². The van der Waals surface area contributed by atoms with Crippen molar-refractivity contribution >= 4 is 40.6 Å². The van der Waals surface area contributed by atoms with Crippen molar-refractivity contribution in [1.29, 1.82) is 0 Å². The van der Waals surface area contributed by atoms with Crippen molar-refractivity contribution in [3.63, 3.8) is 0 Å². The molecular formula is C16H26Cl2N2O2S. The van der Waals surface area contributed by atoms with E-state index >= 15 is 0 Å². The van der Waals surface area contributed by atoms with Crippen LogP contribution in [-0.4, -0.2) is 24.3 Å². The number of ether oxygens (including phenoxy) is 1. The molecule has 0 aliphatic carbocycles. The average Bonchev–Trinajstić information content (AvgIpc) is 2.70. The highest BCUT2D eigenvalue weighted by Crippen LogP contribution is 2.35. The van der Waals surface area contributed by atoms with Gasteiger partial charge in [-0.3, -0.25) is 0 Å². The van der Waals surface area contributed by atoms with Crippen LogP contribution in [0.4, 0.5) is 4.79 Å². The lowest BCUT2D eigenvalue weighted by Crippen LogP contribution is -2.46. The Hall–Kier alpha value is -0.490. The monoisotopic (exact) mass is 380 g/mol. The predicted octanol–water partition coefficient (Wildman–Crippen LogP) is 5.25. The van der Waals surface area contributed by atoms with E-state index < -0.39 is 11.7 Å². The first-order chi connectivity index (χ1) is 10.5. The van der Waals surface area contributed by atoms with Crippen molar-refractivity contribution in [2.45, 2.75) is 59.2 Å². The fourth-order valence-corrected chi connectivity index (χ4v) is 3.70. The lowest BCUT2D eigenvalue weighted by molar-refractivity contribution is 0.0518. The Morgan fingerprint density at radius 3 is 2.35 bits per heavy atom. The summed E-state index contributed by atoms with van der Waals surface area (Å²) in [7, 11) is 0. The van der Waals surface area contributed by atoms with E-state index in [0.717, 1.165) is 5.56 Å². The highest BCUT2D eigenvalue weighted by molar-refractivity contribution is 7.20. The fraction of sp³-hybridized carbons (Fsp3) is 0.688. The van der Waals surface area contributed by atoms with Gasteiger partial charge < -0.3 is 15.4 Å².